The number of hydrogen-bond acceptors (Lipinski definition) is 4. The van der Waals surface area contributed by atoms with Crippen LogP contribution in [-0.4, -0.2) is 34.3 Å². The average Bonchev–Trinajstić information content (AvgIpc) is 3.09. The van der Waals surface area contributed by atoms with Crippen molar-refractivity contribution in [3.05, 3.63) is 47.7 Å². The summed E-state index contributed by atoms with van der Waals surface area (Å²) in [4.78, 5) is 24.9. The number of rotatable bonds is 5. The van der Waals surface area contributed by atoms with Gasteiger partial charge >= 0.3 is 6.03 Å². The van der Waals surface area contributed by atoms with Crippen LogP contribution in [-0.2, 0) is 11.2 Å². The first-order valence-electron chi connectivity index (χ1n) is 10.3. The molecule has 8 heteroatoms. The molecule has 1 aliphatic carbocycles. The van der Waals surface area contributed by atoms with E-state index in [1.165, 1.54) is 5.56 Å². The van der Waals surface area contributed by atoms with Crippen LogP contribution >= 0.6 is 0 Å². The topological polar surface area (TPSA) is 100 Å². The van der Waals surface area contributed by atoms with Crippen LogP contribution in [0.25, 0.3) is 0 Å². The van der Waals surface area contributed by atoms with E-state index in [9.17, 15) is 9.59 Å². The van der Waals surface area contributed by atoms with Crippen molar-refractivity contribution in [3.63, 3.8) is 0 Å². The van der Waals surface area contributed by atoms with E-state index in [-0.39, 0.29) is 23.9 Å². The number of urea groups is 1. The SMILES string of the molecule is Cc1cc(NC(=O)NCCc2ccccc2)n(C2NC(=O)C3CCCCC3N2)n1. The smallest absolute Gasteiger partial charge is 0.320 e. The quantitative estimate of drug-likeness (QED) is 0.623. The molecule has 1 saturated heterocycles. The second-order valence-corrected chi connectivity index (χ2v) is 7.81. The molecule has 1 aliphatic heterocycles. The lowest BCUT2D eigenvalue weighted by atomic mass is 9.83. The molecule has 3 atom stereocenters. The summed E-state index contributed by atoms with van der Waals surface area (Å²) >= 11 is 0. The Morgan fingerprint density at radius 2 is 2.03 bits per heavy atom. The highest BCUT2D eigenvalue weighted by Gasteiger charge is 2.38. The predicted octanol–water partition coefficient (Wildman–Crippen LogP) is 2.29. The monoisotopic (exact) mass is 396 g/mol. The molecule has 8 nitrogen and oxygen atoms in total. The normalized spacial score (nSPS) is 23.8. The third kappa shape index (κ3) is 4.59. The molecule has 154 valence electrons. The van der Waals surface area contributed by atoms with Crippen molar-refractivity contribution in [1.82, 2.24) is 25.7 Å². The van der Waals surface area contributed by atoms with Crippen molar-refractivity contribution in [2.45, 2.75) is 51.4 Å². The van der Waals surface area contributed by atoms with E-state index in [0.717, 1.165) is 37.8 Å². The maximum Gasteiger partial charge on any atom is 0.320 e. The molecule has 1 aromatic heterocycles. The number of fused-ring (bicyclic) bond motifs is 1. The zero-order valence-electron chi connectivity index (χ0n) is 16.6. The first kappa shape index (κ1) is 19.4. The highest BCUT2D eigenvalue weighted by Crippen LogP contribution is 2.29. The number of carbonyl (C=O) groups is 2. The van der Waals surface area contributed by atoms with Crippen molar-refractivity contribution in [2.75, 3.05) is 11.9 Å². The van der Waals surface area contributed by atoms with Gasteiger partial charge in [-0.2, -0.15) is 5.10 Å². The highest BCUT2D eigenvalue weighted by molar-refractivity contribution is 5.88. The molecule has 2 aromatic rings. The van der Waals surface area contributed by atoms with E-state index in [1.54, 1.807) is 10.7 Å². The van der Waals surface area contributed by atoms with Gasteiger partial charge in [0.15, 0.2) is 6.29 Å². The number of hydrogen-bond donors (Lipinski definition) is 4. The Morgan fingerprint density at radius 3 is 2.86 bits per heavy atom. The molecule has 2 heterocycles. The fourth-order valence-corrected chi connectivity index (χ4v) is 4.19. The molecule has 4 rings (SSSR count). The molecule has 4 N–H and O–H groups in total. The lowest BCUT2D eigenvalue weighted by Crippen LogP contribution is -2.59. The average molecular weight is 396 g/mol. The molecule has 1 saturated carbocycles. The first-order chi connectivity index (χ1) is 14.1. The minimum absolute atomic E-state index is 0.0225. The number of amides is 3. The Bertz CT molecular complexity index is 865. The number of aromatic nitrogens is 2. The van der Waals surface area contributed by atoms with Gasteiger partial charge in [0.25, 0.3) is 0 Å². The lowest BCUT2D eigenvalue weighted by Gasteiger charge is -2.40. The van der Waals surface area contributed by atoms with E-state index < -0.39 is 6.29 Å². The lowest BCUT2D eigenvalue weighted by molar-refractivity contribution is -0.132. The van der Waals surface area contributed by atoms with E-state index >= 15 is 0 Å². The molecule has 1 aromatic carbocycles. The second kappa shape index (κ2) is 8.65. The zero-order valence-corrected chi connectivity index (χ0v) is 16.6. The van der Waals surface area contributed by atoms with Gasteiger partial charge in [-0.1, -0.05) is 43.2 Å². The van der Waals surface area contributed by atoms with Crippen molar-refractivity contribution in [3.8, 4) is 0 Å². The van der Waals surface area contributed by atoms with Crippen LogP contribution in [0.15, 0.2) is 36.4 Å². The summed E-state index contributed by atoms with van der Waals surface area (Å²) in [6.45, 7) is 2.40. The summed E-state index contributed by atoms with van der Waals surface area (Å²) in [5, 5.41) is 16.7. The molecular formula is C21H28N6O2. The van der Waals surface area contributed by atoms with Gasteiger partial charge in [-0.05, 0) is 31.7 Å². The Labute approximate surface area is 170 Å². The van der Waals surface area contributed by atoms with Gasteiger partial charge in [0, 0.05) is 18.7 Å². The molecule has 0 spiro atoms. The third-order valence-corrected chi connectivity index (χ3v) is 5.64. The number of benzene rings is 1. The van der Waals surface area contributed by atoms with Gasteiger partial charge in [0.05, 0.1) is 11.6 Å². The van der Waals surface area contributed by atoms with Crippen molar-refractivity contribution >= 4 is 17.8 Å². The second-order valence-electron chi connectivity index (χ2n) is 7.81. The van der Waals surface area contributed by atoms with Crippen LogP contribution in [0.5, 0.6) is 0 Å². The number of carbonyl (C=O) groups excluding carboxylic acids is 2. The maximum absolute atomic E-state index is 12.5. The van der Waals surface area contributed by atoms with Crippen LogP contribution < -0.4 is 21.3 Å². The van der Waals surface area contributed by atoms with Crippen LogP contribution in [0.4, 0.5) is 10.6 Å². The summed E-state index contributed by atoms with van der Waals surface area (Å²) in [5.41, 5.74) is 1.94. The van der Waals surface area contributed by atoms with Crippen LogP contribution in [0.2, 0.25) is 0 Å². The number of aryl methyl sites for hydroxylation is 1. The van der Waals surface area contributed by atoms with Crippen LogP contribution in [0.1, 0.15) is 43.2 Å². The van der Waals surface area contributed by atoms with Crippen LogP contribution in [0.3, 0.4) is 0 Å². The highest BCUT2D eigenvalue weighted by atomic mass is 16.2. The van der Waals surface area contributed by atoms with Gasteiger partial charge in [-0.3, -0.25) is 15.4 Å². The van der Waals surface area contributed by atoms with Gasteiger partial charge in [-0.15, -0.1) is 0 Å². The van der Waals surface area contributed by atoms with Crippen molar-refractivity contribution in [2.24, 2.45) is 5.92 Å². The van der Waals surface area contributed by atoms with E-state index in [0.29, 0.717) is 12.4 Å². The summed E-state index contributed by atoms with van der Waals surface area (Å²) in [7, 11) is 0. The fourth-order valence-electron chi connectivity index (χ4n) is 4.19. The molecule has 2 fully saturated rings. The zero-order chi connectivity index (χ0) is 20.2. The Balaban J connectivity index is 1.37. The minimum atomic E-state index is -0.463. The molecular weight excluding hydrogens is 368 g/mol. The standard InChI is InChI=1S/C21H28N6O2/c1-14-13-18(24-21(29)22-12-11-15-7-3-2-4-8-15)27(26-14)20-23-17-10-6-5-9-16(17)19(28)25-20/h2-4,7-8,13,16-17,20,23H,5-6,9-12H2,1H3,(H,25,28)(H2,22,24,29). The predicted molar refractivity (Wildman–Crippen MR) is 110 cm³/mol. The van der Waals surface area contributed by atoms with Gasteiger partial charge < -0.3 is 10.6 Å². The molecule has 3 unspecified atom stereocenters. The van der Waals surface area contributed by atoms with Crippen molar-refractivity contribution in [1.29, 1.82) is 0 Å². The fraction of sp³-hybridized carbons (Fsp3) is 0.476. The third-order valence-electron chi connectivity index (χ3n) is 5.64. The largest absolute Gasteiger partial charge is 0.337 e. The van der Waals surface area contributed by atoms with E-state index in [4.69, 9.17) is 0 Å². The molecule has 0 radical (unpaired) electrons. The number of anilines is 1. The number of nitrogens with zero attached hydrogens (tertiary/aromatic N) is 2. The molecule has 2 aliphatic rings. The van der Waals surface area contributed by atoms with Crippen molar-refractivity contribution < 1.29 is 9.59 Å². The van der Waals surface area contributed by atoms with E-state index in [2.05, 4.69) is 26.4 Å². The first-order valence-corrected chi connectivity index (χ1v) is 10.3. The van der Waals surface area contributed by atoms with Gasteiger partial charge in [0.1, 0.15) is 5.82 Å². The van der Waals surface area contributed by atoms with Crippen LogP contribution in [0, 0.1) is 12.8 Å². The minimum Gasteiger partial charge on any atom is -0.337 e. The maximum atomic E-state index is 12.5. The molecule has 29 heavy (non-hydrogen) atoms. The number of nitrogens with one attached hydrogen (secondary N) is 4. The summed E-state index contributed by atoms with van der Waals surface area (Å²) in [6.07, 6.45) is 4.42. The summed E-state index contributed by atoms with van der Waals surface area (Å²) < 4.78 is 1.65. The Morgan fingerprint density at radius 1 is 1.24 bits per heavy atom. The van der Waals surface area contributed by atoms with E-state index in [1.807, 2.05) is 37.3 Å². The summed E-state index contributed by atoms with van der Waals surface area (Å²) in [6, 6.07) is 11.7. The van der Waals surface area contributed by atoms with Gasteiger partial charge in [-0.25, -0.2) is 9.48 Å². The molecule has 3 amide bonds. The molecule has 0 bridgehead atoms. The van der Waals surface area contributed by atoms with Gasteiger partial charge in [0.2, 0.25) is 5.91 Å². The Hall–Kier alpha value is -2.87. The Kier molecular flexibility index (Phi) is 5.80. The summed E-state index contributed by atoms with van der Waals surface area (Å²) in [5.74, 6) is 0.631.